The smallest absolute Gasteiger partial charge is 0.303 e. The molecule has 1 aromatic carbocycles. The van der Waals surface area contributed by atoms with Crippen molar-refractivity contribution < 1.29 is 23.1 Å². The molecule has 20 heavy (non-hydrogen) atoms. The molecule has 0 atom stereocenters. The number of sulfonamides is 1. The van der Waals surface area contributed by atoms with Crippen molar-refractivity contribution >= 4 is 16.0 Å². The van der Waals surface area contributed by atoms with Gasteiger partial charge in [-0.05, 0) is 49.9 Å². The number of benzene rings is 1. The summed E-state index contributed by atoms with van der Waals surface area (Å²) in [7, 11) is -3.72. The van der Waals surface area contributed by atoms with Gasteiger partial charge in [0.2, 0.25) is 10.0 Å². The van der Waals surface area contributed by atoms with Crippen LogP contribution in [0.2, 0.25) is 0 Å². The normalized spacial score (nSPS) is 11.3. The van der Waals surface area contributed by atoms with Crippen LogP contribution in [0.5, 0.6) is 5.75 Å². The van der Waals surface area contributed by atoms with E-state index in [0.29, 0.717) is 36.3 Å². The molecule has 0 spiro atoms. The van der Waals surface area contributed by atoms with E-state index in [-0.39, 0.29) is 11.3 Å². The number of aliphatic carboxylic acids is 1. The maximum Gasteiger partial charge on any atom is 0.303 e. The van der Waals surface area contributed by atoms with E-state index in [1.165, 1.54) is 12.1 Å². The molecular formula is C13H19NO5S. The number of nitrogens with two attached hydrogens (primary N) is 1. The van der Waals surface area contributed by atoms with Gasteiger partial charge in [-0.25, -0.2) is 13.6 Å². The number of hydrogen-bond donors (Lipinski definition) is 2. The van der Waals surface area contributed by atoms with E-state index in [4.69, 9.17) is 15.0 Å². The van der Waals surface area contributed by atoms with Gasteiger partial charge in [0.15, 0.2) is 0 Å². The molecule has 0 amide bonds. The number of carboxylic acids is 1. The number of unbranched alkanes of at least 4 members (excludes halogenated alkanes) is 1. The number of aryl methyl sites for hydroxylation is 2. The summed E-state index contributed by atoms with van der Waals surface area (Å²) >= 11 is 0. The van der Waals surface area contributed by atoms with Gasteiger partial charge < -0.3 is 9.84 Å². The quantitative estimate of drug-likeness (QED) is 0.744. The first-order chi connectivity index (χ1) is 9.21. The van der Waals surface area contributed by atoms with Gasteiger partial charge in [0, 0.05) is 6.42 Å². The van der Waals surface area contributed by atoms with Crippen molar-refractivity contribution in [2.45, 2.75) is 38.0 Å². The Morgan fingerprint density at radius 2 is 1.80 bits per heavy atom. The zero-order valence-electron chi connectivity index (χ0n) is 11.5. The summed E-state index contributed by atoms with van der Waals surface area (Å²) < 4.78 is 28.2. The number of hydrogen-bond acceptors (Lipinski definition) is 4. The van der Waals surface area contributed by atoms with Crippen molar-refractivity contribution in [3.8, 4) is 5.75 Å². The fourth-order valence-corrected chi connectivity index (χ4v) is 2.54. The summed E-state index contributed by atoms with van der Waals surface area (Å²) in [6.45, 7) is 3.88. The van der Waals surface area contributed by atoms with Gasteiger partial charge in [-0.15, -0.1) is 0 Å². The second kappa shape index (κ2) is 6.71. The lowest BCUT2D eigenvalue weighted by atomic mass is 10.1. The average molecular weight is 301 g/mol. The molecule has 0 aliphatic rings. The Morgan fingerprint density at radius 3 is 2.25 bits per heavy atom. The van der Waals surface area contributed by atoms with Gasteiger partial charge in [0.05, 0.1) is 11.5 Å². The van der Waals surface area contributed by atoms with Crippen LogP contribution in [-0.2, 0) is 14.8 Å². The lowest BCUT2D eigenvalue weighted by Crippen LogP contribution is -2.13. The molecule has 1 rings (SSSR count). The molecule has 0 aromatic heterocycles. The molecule has 0 unspecified atom stereocenters. The molecule has 0 saturated carbocycles. The first-order valence-corrected chi connectivity index (χ1v) is 7.75. The van der Waals surface area contributed by atoms with E-state index in [1.54, 1.807) is 13.8 Å². The highest BCUT2D eigenvalue weighted by atomic mass is 32.2. The van der Waals surface area contributed by atoms with Gasteiger partial charge in [-0.2, -0.15) is 0 Å². The van der Waals surface area contributed by atoms with Crippen molar-refractivity contribution in [1.82, 2.24) is 0 Å². The monoisotopic (exact) mass is 301 g/mol. The van der Waals surface area contributed by atoms with Crippen LogP contribution in [0.1, 0.15) is 30.4 Å². The van der Waals surface area contributed by atoms with Crippen molar-refractivity contribution in [3.63, 3.8) is 0 Å². The number of carbonyl (C=O) groups is 1. The molecule has 112 valence electrons. The third kappa shape index (κ3) is 4.82. The predicted molar refractivity (Wildman–Crippen MR) is 74.3 cm³/mol. The standard InChI is InChI=1S/C13H19NO5S/c1-9-7-11(20(14,17)18)8-10(2)13(9)19-6-4-3-5-12(15)16/h7-8H,3-6H2,1-2H3,(H,15,16)(H2,14,17,18). The van der Waals surface area contributed by atoms with Crippen LogP contribution in [0.4, 0.5) is 0 Å². The van der Waals surface area contributed by atoms with Crippen LogP contribution in [0, 0.1) is 13.8 Å². The van der Waals surface area contributed by atoms with E-state index in [0.717, 1.165) is 0 Å². The van der Waals surface area contributed by atoms with E-state index >= 15 is 0 Å². The minimum atomic E-state index is -3.72. The van der Waals surface area contributed by atoms with Crippen molar-refractivity contribution in [2.24, 2.45) is 5.14 Å². The minimum absolute atomic E-state index is 0.0609. The number of ether oxygens (including phenoxy) is 1. The molecule has 0 aliphatic carbocycles. The Morgan fingerprint density at radius 1 is 1.25 bits per heavy atom. The van der Waals surface area contributed by atoms with Crippen LogP contribution >= 0.6 is 0 Å². The Kier molecular flexibility index (Phi) is 5.52. The van der Waals surface area contributed by atoms with Gasteiger partial charge in [0.25, 0.3) is 0 Å². The van der Waals surface area contributed by atoms with E-state index < -0.39 is 16.0 Å². The SMILES string of the molecule is Cc1cc(S(N)(=O)=O)cc(C)c1OCCCCC(=O)O. The first kappa shape index (κ1) is 16.5. The number of rotatable bonds is 7. The molecule has 0 aliphatic heterocycles. The molecule has 1 aromatic rings. The van der Waals surface area contributed by atoms with Crippen LogP contribution < -0.4 is 9.88 Å². The van der Waals surface area contributed by atoms with Crippen molar-refractivity contribution in [1.29, 1.82) is 0 Å². The van der Waals surface area contributed by atoms with Crippen molar-refractivity contribution in [3.05, 3.63) is 23.3 Å². The van der Waals surface area contributed by atoms with Gasteiger partial charge in [-0.3, -0.25) is 4.79 Å². The third-order valence-electron chi connectivity index (χ3n) is 2.79. The molecule has 0 bridgehead atoms. The Bertz CT molecular complexity index is 572. The minimum Gasteiger partial charge on any atom is -0.493 e. The number of carboxylic acid groups (broad SMARTS) is 1. The molecule has 3 N–H and O–H groups in total. The highest BCUT2D eigenvalue weighted by Gasteiger charge is 2.13. The van der Waals surface area contributed by atoms with Crippen LogP contribution in [-0.4, -0.2) is 26.1 Å². The number of primary sulfonamides is 1. The zero-order valence-corrected chi connectivity index (χ0v) is 12.4. The summed E-state index contributed by atoms with van der Waals surface area (Å²) in [5.74, 6) is -0.206. The largest absolute Gasteiger partial charge is 0.493 e. The summed E-state index contributed by atoms with van der Waals surface area (Å²) in [4.78, 5) is 10.4. The molecule has 0 radical (unpaired) electrons. The summed E-state index contributed by atoms with van der Waals surface area (Å²) in [6.07, 6.45) is 1.29. The first-order valence-electron chi connectivity index (χ1n) is 6.20. The molecule has 7 heteroatoms. The zero-order chi connectivity index (χ0) is 15.3. The lowest BCUT2D eigenvalue weighted by Gasteiger charge is -2.13. The Hall–Kier alpha value is -1.60. The highest BCUT2D eigenvalue weighted by molar-refractivity contribution is 7.89. The predicted octanol–water partition coefficient (Wildman–Crippen LogP) is 1.58. The summed E-state index contributed by atoms with van der Waals surface area (Å²) in [6, 6.07) is 2.93. The Labute approximate surface area is 118 Å². The van der Waals surface area contributed by atoms with E-state index in [1.807, 2.05) is 0 Å². The van der Waals surface area contributed by atoms with E-state index in [2.05, 4.69) is 0 Å². The maximum atomic E-state index is 11.3. The van der Waals surface area contributed by atoms with Gasteiger partial charge in [-0.1, -0.05) is 0 Å². The molecular weight excluding hydrogens is 282 g/mol. The fourth-order valence-electron chi connectivity index (χ4n) is 1.85. The summed E-state index contributed by atoms with van der Waals surface area (Å²) in [5.41, 5.74) is 1.37. The molecule has 6 nitrogen and oxygen atoms in total. The van der Waals surface area contributed by atoms with E-state index in [9.17, 15) is 13.2 Å². The second-order valence-corrected chi connectivity index (χ2v) is 6.19. The maximum absolute atomic E-state index is 11.3. The fraction of sp³-hybridized carbons (Fsp3) is 0.462. The average Bonchev–Trinajstić information content (AvgIpc) is 2.29. The highest BCUT2D eigenvalue weighted by Crippen LogP contribution is 2.26. The van der Waals surface area contributed by atoms with Gasteiger partial charge >= 0.3 is 5.97 Å². The summed E-state index contributed by atoms with van der Waals surface area (Å²) in [5, 5.41) is 13.6. The molecule has 0 heterocycles. The lowest BCUT2D eigenvalue weighted by molar-refractivity contribution is -0.137. The Balaban J connectivity index is 2.70. The second-order valence-electron chi connectivity index (χ2n) is 4.63. The van der Waals surface area contributed by atoms with Gasteiger partial charge in [0.1, 0.15) is 5.75 Å². The third-order valence-corrected chi connectivity index (χ3v) is 3.69. The molecule has 0 saturated heterocycles. The van der Waals surface area contributed by atoms with Crippen LogP contribution in [0.25, 0.3) is 0 Å². The topological polar surface area (TPSA) is 107 Å². The van der Waals surface area contributed by atoms with Crippen molar-refractivity contribution in [2.75, 3.05) is 6.61 Å². The molecule has 0 fully saturated rings. The van der Waals surface area contributed by atoms with Crippen LogP contribution in [0.15, 0.2) is 17.0 Å². The van der Waals surface area contributed by atoms with Crippen LogP contribution in [0.3, 0.4) is 0 Å².